The number of rotatable bonds is 3. The lowest BCUT2D eigenvalue weighted by molar-refractivity contribution is -0.120. The Morgan fingerprint density at radius 3 is 2.92 bits per heavy atom. The van der Waals surface area contributed by atoms with Gasteiger partial charge in [0.25, 0.3) is 0 Å². The molecule has 0 spiro atoms. The molecule has 126 valence electrons. The third-order valence-corrected chi connectivity index (χ3v) is 5.53. The van der Waals surface area contributed by atoms with Gasteiger partial charge in [0.05, 0.1) is 11.7 Å². The highest BCUT2D eigenvalue weighted by Crippen LogP contribution is 2.48. The van der Waals surface area contributed by atoms with Gasteiger partial charge < -0.3 is 9.88 Å². The van der Waals surface area contributed by atoms with E-state index in [1.807, 2.05) is 23.7 Å². The molecule has 1 aromatic carbocycles. The number of hydrogen-bond donors (Lipinski definition) is 1. The van der Waals surface area contributed by atoms with Crippen LogP contribution in [0.4, 0.5) is 5.69 Å². The van der Waals surface area contributed by atoms with Gasteiger partial charge in [0.1, 0.15) is 17.5 Å². The van der Waals surface area contributed by atoms with Crippen molar-refractivity contribution >= 4 is 22.8 Å². The van der Waals surface area contributed by atoms with Crippen molar-refractivity contribution in [3.8, 4) is 11.3 Å². The Morgan fingerprint density at radius 2 is 2.12 bits per heavy atom. The largest absolute Gasteiger partial charge is 0.325 e. The molecule has 3 heterocycles. The van der Waals surface area contributed by atoms with Gasteiger partial charge in [-0.15, -0.1) is 0 Å². The molecule has 6 heteroatoms. The van der Waals surface area contributed by atoms with Crippen LogP contribution in [0.3, 0.4) is 0 Å². The van der Waals surface area contributed by atoms with E-state index in [1.165, 1.54) is 12.8 Å². The molecule has 5 rings (SSSR count). The smallest absolute Gasteiger partial charge is 0.234 e. The fourth-order valence-electron chi connectivity index (χ4n) is 3.90. The van der Waals surface area contributed by atoms with Crippen molar-refractivity contribution in [2.75, 3.05) is 5.32 Å². The third kappa shape index (κ3) is 2.10. The van der Waals surface area contributed by atoms with Crippen molar-refractivity contribution in [3.05, 3.63) is 36.4 Å². The highest BCUT2D eigenvalue weighted by Gasteiger charge is 2.46. The molecule has 1 amide bonds. The maximum Gasteiger partial charge on any atom is 0.234 e. The summed E-state index contributed by atoms with van der Waals surface area (Å²) >= 11 is 0. The van der Waals surface area contributed by atoms with E-state index in [-0.39, 0.29) is 5.91 Å². The van der Waals surface area contributed by atoms with Crippen molar-refractivity contribution < 1.29 is 4.79 Å². The summed E-state index contributed by atoms with van der Waals surface area (Å²) in [6.45, 7) is 2.06. The van der Waals surface area contributed by atoms with Crippen molar-refractivity contribution in [1.82, 2.24) is 19.5 Å². The molecule has 0 saturated heterocycles. The summed E-state index contributed by atoms with van der Waals surface area (Å²) in [7, 11) is 1.92. The summed E-state index contributed by atoms with van der Waals surface area (Å²) in [5.74, 6) is 0.782. The average molecular weight is 333 g/mol. The van der Waals surface area contributed by atoms with Crippen molar-refractivity contribution in [1.29, 1.82) is 0 Å². The van der Waals surface area contributed by atoms with Crippen LogP contribution in [0.15, 0.2) is 30.9 Å². The average Bonchev–Trinajstić information content (AvgIpc) is 3.29. The van der Waals surface area contributed by atoms with Crippen LogP contribution in [0.1, 0.15) is 31.7 Å². The van der Waals surface area contributed by atoms with Crippen LogP contribution in [0.5, 0.6) is 0 Å². The van der Waals surface area contributed by atoms with Gasteiger partial charge in [-0.25, -0.2) is 15.0 Å². The van der Waals surface area contributed by atoms with Crippen molar-refractivity contribution in [2.45, 2.75) is 31.6 Å². The minimum atomic E-state index is -0.456. The van der Waals surface area contributed by atoms with E-state index < -0.39 is 5.41 Å². The molecule has 0 bridgehead atoms. The van der Waals surface area contributed by atoms with E-state index in [4.69, 9.17) is 0 Å². The van der Waals surface area contributed by atoms with E-state index in [0.29, 0.717) is 5.92 Å². The van der Waals surface area contributed by atoms with Gasteiger partial charge in [0.2, 0.25) is 5.91 Å². The number of amides is 1. The SMILES string of the molecule is Cn1cnc2c(-c3ccc4c(c3)[C@](C)(CC3CC3)C(=O)N4)ncnc21. The fraction of sp³-hybridized carbons (Fsp3) is 0.368. The van der Waals surface area contributed by atoms with Gasteiger partial charge in [-0.1, -0.05) is 18.9 Å². The molecule has 1 N–H and O–H groups in total. The van der Waals surface area contributed by atoms with Crippen LogP contribution in [-0.4, -0.2) is 25.4 Å². The number of aryl methyl sites for hydroxylation is 1. The lowest BCUT2D eigenvalue weighted by Gasteiger charge is -2.22. The summed E-state index contributed by atoms with van der Waals surface area (Å²) in [5, 5.41) is 3.05. The molecule has 1 aliphatic heterocycles. The third-order valence-electron chi connectivity index (χ3n) is 5.53. The Bertz CT molecular complexity index is 1020. The van der Waals surface area contributed by atoms with E-state index in [1.54, 1.807) is 12.7 Å². The minimum Gasteiger partial charge on any atom is -0.325 e. The van der Waals surface area contributed by atoms with Crippen molar-refractivity contribution in [3.63, 3.8) is 0 Å². The number of aromatic nitrogens is 4. The fourth-order valence-corrected chi connectivity index (χ4v) is 3.90. The highest BCUT2D eigenvalue weighted by atomic mass is 16.2. The second-order valence-corrected chi connectivity index (χ2v) is 7.44. The molecule has 1 atom stereocenters. The van der Waals surface area contributed by atoms with Gasteiger partial charge in [-0.05, 0) is 37.0 Å². The van der Waals surface area contributed by atoms with E-state index in [0.717, 1.165) is 40.1 Å². The van der Waals surface area contributed by atoms with E-state index >= 15 is 0 Å². The Labute approximate surface area is 145 Å². The number of imidazole rings is 1. The lowest BCUT2D eigenvalue weighted by atomic mass is 9.78. The lowest BCUT2D eigenvalue weighted by Crippen LogP contribution is -2.31. The van der Waals surface area contributed by atoms with Gasteiger partial charge in [-0.3, -0.25) is 4.79 Å². The maximum atomic E-state index is 12.6. The van der Waals surface area contributed by atoms with Gasteiger partial charge in [-0.2, -0.15) is 0 Å². The molecular weight excluding hydrogens is 314 g/mol. The molecule has 0 radical (unpaired) electrons. The Balaban J connectivity index is 1.66. The van der Waals surface area contributed by atoms with Gasteiger partial charge in [0.15, 0.2) is 5.65 Å². The standard InChI is InChI=1S/C19H19N5O/c1-19(8-11-3-4-11)13-7-12(5-6-14(13)23-18(19)25)15-16-17(21-9-20-15)24(2)10-22-16/h5-7,9-11H,3-4,8H2,1-2H3,(H,23,25)/t19-/m0/s1. The maximum absolute atomic E-state index is 12.6. The molecular formula is C19H19N5O. The summed E-state index contributed by atoms with van der Waals surface area (Å²) in [4.78, 5) is 25.9. The number of fused-ring (bicyclic) bond motifs is 2. The summed E-state index contributed by atoms with van der Waals surface area (Å²) in [5.41, 5.74) is 4.91. The number of hydrogen-bond acceptors (Lipinski definition) is 4. The molecule has 6 nitrogen and oxygen atoms in total. The van der Waals surface area contributed by atoms with Gasteiger partial charge in [0, 0.05) is 18.3 Å². The van der Waals surface area contributed by atoms with Crippen LogP contribution in [-0.2, 0) is 17.3 Å². The summed E-state index contributed by atoms with van der Waals surface area (Å²) < 4.78 is 1.89. The zero-order valence-electron chi connectivity index (χ0n) is 14.3. The zero-order valence-corrected chi connectivity index (χ0v) is 14.3. The van der Waals surface area contributed by atoms with Crippen molar-refractivity contribution in [2.24, 2.45) is 13.0 Å². The molecule has 0 unspecified atom stereocenters. The Hall–Kier alpha value is -2.76. The molecule has 3 aromatic rings. The first-order valence-corrected chi connectivity index (χ1v) is 8.64. The number of carbonyl (C=O) groups is 1. The van der Waals surface area contributed by atoms with E-state index in [9.17, 15) is 4.79 Å². The van der Waals surface area contributed by atoms with Crippen LogP contribution in [0.2, 0.25) is 0 Å². The van der Waals surface area contributed by atoms with E-state index in [2.05, 4.69) is 33.3 Å². The van der Waals surface area contributed by atoms with Crippen LogP contribution < -0.4 is 5.32 Å². The molecule has 1 fully saturated rings. The van der Waals surface area contributed by atoms with Crippen LogP contribution >= 0.6 is 0 Å². The number of carbonyl (C=O) groups excluding carboxylic acids is 1. The van der Waals surface area contributed by atoms with Gasteiger partial charge >= 0.3 is 0 Å². The van der Waals surface area contributed by atoms with Crippen LogP contribution in [0.25, 0.3) is 22.4 Å². The predicted octanol–water partition coefficient (Wildman–Crippen LogP) is 3.04. The first kappa shape index (κ1) is 14.6. The number of benzene rings is 1. The highest BCUT2D eigenvalue weighted by molar-refractivity contribution is 6.06. The second kappa shape index (κ2) is 4.88. The minimum absolute atomic E-state index is 0.109. The monoisotopic (exact) mass is 333 g/mol. The first-order valence-electron chi connectivity index (χ1n) is 8.64. The summed E-state index contributed by atoms with van der Waals surface area (Å²) in [6, 6.07) is 6.09. The first-order chi connectivity index (χ1) is 12.1. The Kier molecular flexibility index (Phi) is 2.84. The molecule has 1 aliphatic carbocycles. The second-order valence-electron chi connectivity index (χ2n) is 7.44. The number of nitrogens with zero attached hydrogens (tertiary/aromatic N) is 4. The molecule has 1 saturated carbocycles. The quantitative estimate of drug-likeness (QED) is 0.799. The predicted molar refractivity (Wildman–Crippen MR) is 95.1 cm³/mol. The summed E-state index contributed by atoms with van der Waals surface area (Å²) in [6.07, 6.45) is 6.70. The molecule has 25 heavy (non-hydrogen) atoms. The Morgan fingerprint density at radius 1 is 1.28 bits per heavy atom. The number of anilines is 1. The molecule has 2 aromatic heterocycles. The van der Waals surface area contributed by atoms with Crippen LogP contribution in [0, 0.1) is 5.92 Å². The number of nitrogens with one attached hydrogen (secondary N) is 1. The zero-order chi connectivity index (χ0) is 17.2. The normalized spacial score (nSPS) is 22.2. The molecule has 2 aliphatic rings. The topological polar surface area (TPSA) is 72.7 Å².